The summed E-state index contributed by atoms with van der Waals surface area (Å²) in [5, 5.41) is 6.57. The van der Waals surface area contributed by atoms with Crippen LogP contribution in [0.2, 0.25) is 0 Å². The molecular formula is C9H13N5O2S. The van der Waals surface area contributed by atoms with Crippen LogP contribution in [-0.2, 0) is 16.6 Å². The molecule has 0 aliphatic rings. The molecule has 0 amide bonds. The predicted octanol–water partition coefficient (Wildman–Crippen LogP) is 0.262. The highest BCUT2D eigenvalue weighted by molar-refractivity contribution is 7.89. The molecule has 17 heavy (non-hydrogen) atoms. The van der Waals surface area contributed by atoms with Crippen LogP contribution in [-0.4, -0.2) is 39.9 Å². The van der Waals surface area contributed by atoms with Crippen molar-refractivity contribution in [3.63, 3.8) is 0 Å². The summed E-state index contributed by atoms with van der Waals surface area (Å²) in [7, 11) is -1.98. The van der Waals surface area contributed by atoms with Crippen molar-refractivity contribution >= 4 is 10.0 Å². The van der Waals surface area contributed by atoms with Crippen LogP contribution in [0, 0.1) is 6.92 Å². The Morgan fingerprint density at radius 3 is 2.76 bits per heavy atom. The fourth-order valence-corrected chi connectivity index (χ4v) is 2.50. The van der Waals surface area contributed by atoms with Gasteiger partial charge in [0.2, 0.25) is 10.0 Å². The Morgan fingerprint density at radius 2 is 2.24 bits per heavy atom. The average molecular weight is 255 g/mol. The third-order valence-corrected chi connectivity index (χ3v) is 4.08. The minimum Gasteiger partial charge on any atom is -0.366 e. The highest BCUT2D eigenvalue weighted by Crippen LogP contribution is 2.14. The van der Waals surface area contributed by atoms with Crippen molar-refractivity contribution in [1.82, 2.24) is 24.5 Å². The van der Waals surface area contributed by atoms with E-state index in [-0.39, 0.29) is 11.4 Å². The monoisotopic (exact) mass is 255 g/mol. The van der Waals surface area contributed by atoms with E-state index in [1.165, 1.54) is 23.6 Å². The van der Waals surface area contributed by atoms with Gasteiger partial charge >= 0.3 is 0 Å². The van der Waals surface area contributed by atoms with E-state index >= 15 is 0 Å². The van der Waals surface area contributed by atoms with Crippen molar-refractivity contribution in [3.8, 4) is 0 Å². The minimum atomic E-state index is -3.48. The molecule has 0 spiro atoms. The second-order valence-corrected chi connectivity index (χ2v) is 5.69. The molecule has 2 heterocycles. The highest BCUT2D eigenvalue weighted by Gasteiger charge is 2.22. The standard InChI is InChI=1S/C9H13N5O2S/c1-7-11-9(13-12-7)6-14(2)17(15,16)8-3-4-10-5-8/h3-5,10H,6H2,1-2H3,(H,11,12,13). The van der Waals surface area contributed by atoms with E-state index in [4.69, 9.17) is 0 Å². The normalized spacial score (nSPS) is 12.2. The lowest BCUT2D eigenvalue weighted by molar-refractivity contribution is 0.457. The zero-order valence-corrected chi connectivity index (χ0v) is 10.3. The van der Waals surface area contributed by atoms with Crippen molar-refractivity contribution in [2.24, 2.45) is 0 Å². The Bertz CT molecular complexity index is 587. The maximum absolute atomic E-state index is 12.0. The SMILES string of the molecule is Cc1nc(CN(C)S(=O)(=O)c2cc[nH]c2)n[nH]1. The van der Waals surface area contributed by atoms with Crippen molar-refractivity contribution in [3.05, 3.63) is 30.1 Å². The second-order valence-electron chi connectivity index (χ2n) is 3.64. The largest absolute Gasteiger partial charge is 0.366 e. The molecular weight excluding hydrogens is 242 g/mol. The molecule has 0 bridgehead atoms. The Balaban J connectivity index is 2.18. The number of rotatable bonds is 4. The van der Waals surface area contributed by atoms with Crippen LogP contribution in [0.1, 0.15) is 11.6 Å². The summed E-state index contributed by atoms with van der Waals surface area (Å²) in [6.45, 7) is 1.90. The van der Waals surface area contributed by atoms with E-state index in [2.05, 4.69) is 20.2 Å². The number of nitrogens with zero attached hydrogens (tertiary/aromatic N) is 3. The van der Waals surface area contributed by atoms with E-state index in [1.807, 2.05) is 0 Å². The highest BCUT2D eigenvalue weighted by atomic mass is 32.2. The number of hydrogen-bond donors (Lipinski definition) is 2. The third kappa shape index (κ3) is 2.37. The fourth-order valence-electron chi connectivity index (χ4n) is 1.39. The summed E-state index contributed by atoms with van der Waals surface area (Å²) in [4.78, 5) is 7.01. The number of aromatic amines is 2. The van der Waals surface area contributed by atoms with Crippen LogP contribution in [0.15, 0.2) is 23.4 Å². The van der Waals surface area contributed by atoms with Gasteiger partial charge in [0.1, 0.15) is 5.82 Å². The maximum atomic E-state index is 12.0. The van der Waals surface area contributed by atoms with Crippen LogP contribution in [0.25, 0.3) is 0 Å². The van der Waals surface area contributed by atoms with Crippen molar-refractivity contribution in [2.75, 3.05) is 7.05 Å². The molecule has 2 rings (SSSR count). The van der Waals surface area contributed by atoms with Gasteiger partial charge in [0.15, 0.2) is 5.82 Å². The Hall–Kier alpha value is -1.67. The van der Waals surface area contributed by atoms with E-state index < -0.39 is 10.0 Å². The van der Waals surface area contributed by atoms with Gasteiger partial charge in [-0.25, -0.2) is 13.4 Å². The molecule has 2 N–H and O–H groups in total. The smallest absolute Gasteiger partial charge is 0.244 e. The molecule has 2 aromatic rings. The van der Waals surface area contributed by atoms with Gasteiger partial charge in [-0.1, -0.05) is 0 Å². The van der Waals surface area contributed by atoms with Gasteiger partial charge in [0.05, 0.1) is 11.4 Å². The van der Waals surface area contributed by atoms with Crippen molar-refractivity contribution in [2.45, 2.75) is 18.4 Å². The lowest BCUT2D eigenvalue weighted by atomic mass is 10.6. The van der Waals surface area contributed by atoms with Gasteiger partial charge in [0.25, 0.3) is 0 Å². The molecule has 0 aromatic carbocycles. The van der Waals surface area contributed by atoms with Gasteiger partial charge in [0, 0.05) is 19.4 Å². The van der Waals surface area contributed by atoms with E-state index in [1.54, 1.807) is 13.1 Å². The Morgan fingerprint density at radius 1 is 1.47 bits per heavy atom. The number of H-pyrrole nitrogens is 2. The van der Waals surface area contributed by atoms with Gasteiger partial charge in [-0.15, -0.1) is 0 Å². The summed E-state index contributed by atoms with van der Waals surface area (Å²) in [6.07, 6.45) is 3.01. The summed E-state index contributed by atoms with van der Waals surface area (Å²) in [5.41, 5.74) is 0. The first-order valence-electron chi connectivity index (χ1n) is 4.97. The van der Waals surface area contributed by atoms with Crippen LogP contribution < -0.4 is 0 Å². The molecule has 0 saturated heterocycles. The first-order chi connectivity index (χ1) is 8.00. The summed E-state index contributed by atoms with van der Waals surface area (Å²) in [5.74, 6) is 1.11. The third-order valence-electron chi connectivity index (χ3n) is 2.29. The lowest BCUT2D eigenvalue weighted by Crippen LogP contribution is -2.26. The molecule has 8 heteroatoms. The Labute approximate surface area is 98.9 Å². The van der Waals surface area contributed by atoms with E-state index in [0.29, 0.717) is 11.6 Å². The van der Waals surface area contributed by atoms with Crippen LogP contribution in [0.5, 0.6) is 0 Å². The molecule has 0 atom stereocenters. The zero-order valence-electron chi connectivity index (χ0n) is 9.51. The summed E-state index contributed by atoms with van der Waals surface area (Å²) in [6, 6.07) is 1.51. The molecule has 0 aliphatic carbocycles. The van der Waals surface area contributed by atoms with Crippen molar-refractivity contribution in [1.29, 1.82) is 0 Å². The van der Waals surface area contributed by atoms with Gasteiger partial charge in [-0.3, -0.25) is 5.10 Å². The van der Waals surface area contributed by atoms with Gasteiger partial charge < -0.3 is 4.98 Å². The molecule has 7 nitrogen and oxygen atoms in total. The van der Waals surface area contributed by atoms with Crippen LogP contribution in [0.4, 0.5) is 0 Å². The number of aryl methyl sites for hydroxylation is 1. The van der Waals surface area contributed by atoms with Crippen LogP contribution >= 0.6 is 0 Å². The molecule has 0 radical (unpaired) electrons. The predicted molar refractivity (Wildman–Crippen MR) is 60.6 cm³/mol. The summed E-state index contributed by atoms with van der Waals surface area (Å²) >= 11 is 0. The molecule has 0 unspecified atom stereocenters. The molecule has 0 aliphatic heterocycles. The van der Waals surface area contributed by atoms with E-state index in [9.17, 15) is 8.42 Å². The first kappa shape index (κ1) is 11.8. The number of hydrogen-bond acceptors (Lipinski definition) is 4. The first-order valence-corrected chi connectivity index (χ1v) is 6.41. The zero-order chi connectivity index (χ0) is 12.5. The minimum absolute atomic E-state index is 0.137. The number of sulfonamides is 1. The van der Waals surface area contributed by atoms with Crippen LogP contribution in [0.3, 0.4) is 0 Å². The molecule has 0 fully saturated rings. The molecule has 2 aromatic heterocycles. The topological polar surface area (TPSA) is 94.7 Å². The number of aromatic nitrogens is 4. The fraction of sp³-hybridized carbons (Fsp3) is 0.333. The Kier molecular flexibility index (Phi) is 2.99. The number of nitrogens with one attached hydrogen (secondary N) is 2. The average Bonchev–Trinajstić information content (AvgIpc) is 2.89. The second kappa shape index (κ2) is 4.30. The maximum Gasteiger partial charge on any atom is 0.244 e. The van der Waals surface area contributed by atoms with Crippen molar-refractivity contribution < 1.29 is 8.42 Å². The molecule has 0 saturated carbocycles. The quantitative estimate of drug-likeness (QED) is 0.819. The lowest BCUT2D eigenvalue weighted by Gasteiger charge is -2.13. The van der Waals surface area contributed by atoms with Gasteiger partial charge in [-0.2, -0.15) is 9.40 Å². The van der Waals surface area contributed by atoms with E-state index in [0.717, 1.165) is 0 Å². The summed E-state index contributed by atoms with van der Waals surface area (Å²) < 4.78 is 25.3. The van der Waals surface area contributed by atoms with Gasteiger partial charge in [-0.05, 0) is 13.0 Å². The molecule has 92 valence electrons.